The molecule has 166 valence electrons. The number of nitrogens with one attached hydrogen (secondary N) is 3. The molecule has 0 saturated heterocycles. The van der Waals surface area contributed by atoms with Gasteiger partial charge in [-0.3, -0.25) is 14.4 Å². The average Bonchev–Trinajstić information content (AvgIpc) is 2.85. The number of benzene rings is 3. The molecule has 8 heteroatoms. The Morgan fingerprint density at radius 1 is 0.824 bits per heavy atom. The lowest BCUT2D eigenvalue weighted by Gasteiger charge is -2.13. The number of hydrogen-bond donors (Lipinski definition) is 4. The number of primary amides is 1. The van der Waals surface area contributed by atoms with Crippen molar-refractivity contribution in [2.45, 2.75) is 0 Å². The number of rotatable bonds is 5. The van der Waals surface area contributed by atoms with Crippen molar-refractivity contribution >= 4 is 50.7 Å². The van der Waals surface area contributed by atoms with Crippen molar-refractivity contribution in [1.82, 2.24) is 9.97 Å². The molecule has 0 unspecified atom stereocenters. The van der Waals surface area contributed by atoms with Crippen molar-refractivity contribution in [3.63, 3.8) is 0 Å². The van der Waals surface area contributed by atoms with Crippen molar-refractivity contribution in [2.75, 3.05) is 10.6 Å². The zero-order valence-corrected chi connectivity index (χ0v) is 17.8. The van der Waals surface area contributed by atoms with E-state index in [2.05, 4.69) is 20.6 Å². The summed E-state index contributed by atoms with van der Waals surface area (Å²) in [6, 6.07) is 22.7. The molecule has 2 heterocycles. The summed E-state index contributed by atoms with van der Waals surface area (Å²) in [4.78, 5) is 43.7. The minimum Gasteiger partial charge on any atom is -0.366 e. The zero-order chi connectivity index (χ0) is 23.7. The molecule has 0 radical (unpaired) electrons. The van der Waals surface area contributed by atoms with E-state index in [4.69, 9.17) is 5.73 Å². The molecule has 2 aromatic heterocycles. The fraction of sp³-hybridized carbons (Fsp3) is 0. The second-order valence-corrected chi connectivity index (χ2v) is 7.68. The SMILES string of the molecule is NC(=O)c1ccc2c(=O)[nH]c3nccc(Nc4ccc(NC(=O)c5ccccc5)cc4)c3c2c1. The number of aromatic amines is 1. The van der Waals surface area contributed by atoms with E-state index in [1.54, 1.807) is 48.7 Å². The fourth-order valence-corrected chi connectivity index (χ4v) is 3.80. The van der Waals surface area contributed by atoms with Crippen molar-refractivity contribution in [3.05, 3.63) is 107 Å². The first-order chi connectivity index (χ1) is 16.5. The summed E-state index contributed by atoms with van der Waals surface area (Å²) >= 11 is 0. The van der Waals surface area contributed by atoms with Crippen LogP contribution in [0.5, 0.6) is 0 Å². The van der Waals surface area contributed by atoms with Gasteiger partial charge in [-0.05, 0) is 60.7 Å². The molecule has 0 spiro atoms. The van der Waals surface area contributed by atoms with E-state index in [1.807, 2.05) is 30.3 Å². The van der Waals surface area contributed by atoms with Gasteiger partial charge in [0.15, 0.2) is 0 Å². The van der Waals surface area contributed by atoms with Gasteiger partial charge in [-0.15, -0.1) is 0 Å². The summed E-state index contributed by atoms with van der Waals surface area (Å²) in [6.07, 6.45) is 1.58. The van der Waals surface area contributed by atoms with Gasteiger partial charge in [0, 0.05) is 44.9 Å². The minimum atomic E-state index is -0.582. The van der Waals surface area contributed by atoms with E-state index >= 15 is 0 Å². The number of nitrogens with two attached hydrogens (primary N) is 1. The number of aromatic nitrogens is 2. The van der Waals surface area contributed by atoms with Crippen LogP contribution >= 0.6 is 0 Å². The second kappa shape index (κ2) is 8.51. The summed E-state index contributed by atoms with van der Waals surface area (Å²) in [7, 11) is 0. The van der Waals surface area contributed by atoms with Gasteiger partial charge >= 0.3 is 0 Å². The molecule has 0 saturated carbocycles. The third-order valence-corrected chi connectivity index (χ3v) is 5.46. The number of nitrogens with zero attached hydrogens (tertiary/aromatic N) is 1. The van der Waals surface area contributed by atoms with Crippen LogP contribution in [-0.2, 0) is 0 Å². The molecule has 34 heavy (non-hydrogen) atoms. The van der Waals surface area contributed by atoms with Crippen LogP contribution in [0.3, 0.4) is 0 Å². The second-order valence-electron chi connectivity index (χ2n) is 7.68. The molecule has 0 aliphatic carbocycles. The first kappa shape index (κ1) is 20.9. The van der Waals surface area contributed by atoms with E-state index < -0.39 is 5.91 Å². The Hall–Kier alpha value is -4.98. The Morgan fingerprint density at radius 3 is 2.29 bits per heavy atom. The standard InChI is InChI=1S/C26H19N5O3/c27-23(32)16-6-11-19-20(14-16)22-21(12-13-28-24(22)31-26(19)34)29-17-7-9-18(10-8-17)30-25(33)15-4-2-1-3-5-15/h1-14H,(H2,27,32)(H,30,33)(H2,28,29,31,34). The maximum atomic E-state index is 12.5. The molecular weight excluding hydrogens is 430 g/mol. The topological polar surface area (TPSA) is 130 Å². The Labute approximate surface area is 193 Å². The van der Waals surface area contributed by atoms with E-state index in [1.165, 1.54) is 6.07 Å². The van der Waals surface area contributed by atoms with Crippen LogP contribution in [0, 0.1) is 0 Å². The van der Waals surface area contributed by atoms with Crippen molar-refractivity contribution in [1.29, 1.82) is 0 Å². The highest BCUT2D eigenvalue weighted by Crippen LogP contribution is 2.30. The highest BCUT2D eigenvalue weighted by atomic mass is 16.2. The normalized spacial score (nSPS) is 10.8. The predicted molar refractivity (Wildman–Crippen MR) is 133 cm³/mol. The van der Waals surface area contributed by atoms with Gasteiger partial charge < -0.3 is 21.4 Å². The highest BCUT2D eigenvalue weighted by molar-refractivity contribution is 6.13. The minimum absolute atomic E-state index is 0.192. The zero-order valence-electron chi connectivity index (χ0n) is 17.8. The van der Waals surface area contributed by atoms with E-state index in [0.29, 0.717) is 44.3 Å². The number of hydrogen-bond acceptors (Lipinski definition) is 5. The van der Waals surface area contributed by atoms with Gasteiger partial charge in [-0.2, -0.15) is 0 Å². The van der Waals surface area contributed by atoms with Gasteiger partial charge in [-0.1, -0.05) is 18.2 Å². The Kier molecular flexibility index (Phi) is 5.23. The van der Waals surface area contributed by atoms with E-state index in [-0.39, 0.29) is 11.5 Å². The molecule has 0 bridgehead atoms. The number of amides is 2. The van der Waals surface area contributed by atoms with Crippen molar-refractivity contribution < 1.29 is 9.59 Å². The first-order valence-corrected chi connectivity index (χ1v) is 10.5. The average molecular weight is 449 g/mol. The van der Waals surface area contributed by atoms with Crippen LogP contribution in [0.1, 0.15) is 20.7 Å². The first-order valence-electron chi connectivity index (χ1n) is 10.5. The number of fused-ring (bicyclic) bond motifs is 3. The molecule has 0 atom stereocenters. The summed E-state index contributed by atoms with van der Waals surface area (Å²) in [5.74, 6) is -0.774. The Bertz CT molecular complexity index is 1610. The van der Waals surface area contributed by atoms with E-state index in [0.717, 1.165) is 5.69 Å². The quantitative estimate of drug-likeness (QED) is 0.299. The van der Waals surface area contributed by atoms with Gasteiger partial charge in [0.25, 0.3) is 11.5 Å². The van der Waals surface area contributed by atoms with Gasteiger partial charge in [0.05, 0.1) is 5.69 Å². The third-order valence-electron chi connectivity index (χ3n) is 5.46. The Balaban J connectivity index is 1.49. The molecule has 0 aliphatic heterocycles. The molecule has 0 fully saturated rings. The van der Waals surface area contributed by atoms with Crippen LogP contribution in [0.25, 0.3) is 21.8 Å². The monoisotopic (exact) mass is 449 g/mol. The van der Waals surface area contributed by atoms with Gasteiger partial charge in [-0.25, -0.2) is 4.98 Å². The van der Waals surface area contributed by atoms with Crippen LogP contribution in [0.4, 0.5) is 17.1 Å². The van der Waals surface area contributed by atoms with Crippen LogP contribution in [-0.4, -0.2) is 21.8 Å². The molecule has 5 aromatic rings. The van der Waals surface area contributed by atoms with Crippen molar-refractivity contribution in [3.8, 4) is 0 Å². The molecular formula is C26H19N5O3. The summed E-state index contributed by atoms with van der Waals surface area (Å²) in [6.45, 7) is 0. The van der Waals surface area contributed by atoms with Gasteiger partial charge in [0.1, 0.15) is 5.65 Å². The Morgan fingerprint density at radius 2 is 1.56 bits per heavy atom. The van der Waals surface area contributed by atoms with Gasteiger partial charge in [0.2, 0.25) is 5.91 Å². The number of carbonyl (C=O) groups is 2. The fourth-order valence-electron chi connectivity index (χ4n) is 3.80. The van der Waals surface area contributed by atoms with Crippen molar-refractivity contribution in [2.24, 2.45) is 5.73 Å². The molecule has 3 aromatic carbocycles. The third kappa shape index (κ3) is 3.95. The lowest BCUT2D eigenvalue weighted by molar-refractivity contribution is 0.0997. The number of pyridine rings is 2. The molecule has 2 amide bonds. The van der Waals surface area contributed by atoms with Crippen LogP contribution in [0.2, 0.25) is 0 Å². The highest BCUT2D eigenvalue weighted by Gasteiger charge is 2.13. The lowest BCUT2D eigenvalue weighted by Crippen LogP contribution is -2.13. The number of anilines is 3. The number of carbonyl (C=O) groups excluding carboxylic acids is 2. The lowest BCUT2D eigenvalue weighted by atomic mass is 10.0. The maximum absolute atomic E-state index is 12.5. The van der Waals surface area contributed by atoms with Crippen LogP contribution in [0.15, 0.2) is 89.9 Å². The predicted octanol–water partition coefficient (Wildman–Crippen LogP) is 4.17. The number of H-pyrrole nitrogens is 1. The maximum Gasteiger partial charge on any atom is 0.257 e. The molecule has 8 nitrogen and oxygen atoms in total. The van der Waals surface area contributed by atoms with E-state index in [9.17, 15) is 14.4 Å². The summed E-state index contributed by atoms with van der Waals surface area (Å²) in [5, 5.41) is 7.84. The largest absolute Gasteiger partial charge is 0.366 e. The summed E-state index contributed by atoms with van der Waals surface area (Å²) < 4.78 is 0. The molecule has 0 aliphatic rings. The molecule has 5 N–H and O–H groups in total. The van der Waals surface area contributed by atoms with Crippen LogP contribution < -0.4 is 21.9 Å². The smallest absolute Gasteiger partial charge is 0.257 e. The summed E-state index contributed by atoms with van der Waals surface area (Å²) in [5.41, 5.74) is 8.50. The molecule has 5 rings (SSSR count).